The van der Waals surface area contributed by atoms with Crippen LogP contribution in [0.3, 0.4) is 0 Å². The van der Waals surface area contributed by atoms with E-state index in [0.29, 0.717) is 0 Å². The number of furan rings is 1. The van der Waals surface area contributed by atoms with E-state index >= 15 is 0 Å². The van der Waals surface area contributed by atoms with Crippen LogP contribution in [0.25, 0.3) is 44.2 Å². The SMILES string of the molecule is c1ccc(-c2cc(N(c3ccccc3)c3cccc4c3oc3c(N(c5ccccc5)c5ccc(N(c6ccccc6)c6ccccc6)cc5-c5ccccc5)cccc34)ccc2N(c2ccccc2)c2ccccc2)cc1. The average Bonchev–Trinajstić information content (AvgIpc) is 3.91. The van der Waals surface area contributed by atoms with Gasteiger partial charge in [-0.15, -0.1) is 0 Å². The third-order valence-electron chi connectivity index (χ3n) is 14.2. The summed E-state index contributed by atoms with van der Waals surface area (Å²) in [5.74, 6) is 0. The van der Waals surface area contributed by atoms with Gasteiger partial charge in [-0.3, -0.25) is 0 Å². The Hall–Kier alpha value is -10.4. The van der Waals surface area contributed by atoms with Gasteiger partial charge in [-0.1, -0.05) is 194 Å². The zero-order valence-corrected chi connectivity index (χ0v) is 42.2. The van der Waals surface area contributed by atoms with E-state index in [9.17, 15) is 0 Å². The van der Waals surface area contributed by atoms with E-state index in [4.69, 9.17) is 4.42 Å². The summed E-state index contributed by atoms with van der Waals surface area (Å²) in [7, 11) is 0. The molecule has 77 heavy (non-hydrogen) atoms. The highest BCUT2D eigenvalue weighted by atomic mass is 16.3. The van der Waals surface area contributed by atoms with Crippen molar-refractivity contribution >= 4 is 90.2 Å². The number of rotatable bonds is 14. The lowest BCUT2D eigenvalue weighted by molar-refractivity contribution is 0.669. The molecule has 12 aromatic carbocycles. The van der Waals surface area contributed by atoms with Crippen LogP contribution >= 0.6 is 0 Å². The summed E-state index contributed by atoms with van der Waals surface area (Å²) in [5, 5.41) is 2.04. The largest absolute Gasteiger partial charge is 0.452 e. The van der Waals surface area contributed by atoms with Gasteiger partial charge >= 0.3 is 0 Å². The molecule has 0 aliphatic rings. The molecule has 0 saturated carbocycles. The van der Waals surface area contributed by atoms with Crippen LogP contribution in [0.15, 0.2) is 320 Å². The normalized spacial score (nSPS) is 11.1. The molecule has 0 amide bonds. The summed E-state index contributed by atoms with van der Waals surface area (Å²) in [5.41, 5.74) is 18.2. The molecule has 0 unspecified atom stereocenters. The van der Waals surface area contributed by atoms with Gasteiger partial charge < -0.3 is 24.0 Å². The fourth-order valence-corrected chi connectivity index (χ4v) is 10.7. The van der Waals surface area contributed by atoms with E-state index in [1.807, 2.05) is 0 Å². The van der Waals surface area contributed by atoms with Gasteiger partial charge in [0, 0.05) is 67.4 Å². The molecule has 0 spiro atoms. The van der Waals surface area contributed by atoms with Crippen molar-refractivity contribution < 1.29 is 4.42 Å². The smallest absolute Gasteiger partial charge is 0.159 e. The maximum Gasteiger partial charge on any atom is 0.159 e. The standard InChI is InChI=1S/C72H52N4O/c1-9-27-53(28-10-1)65-52-62(48-49-67(65)74(57-35-17-5-18-36-57)58-37-19-6-20-38-58)75(59-39-21-7-22-40-59)69-45-25-43-63-64-44-26-46-70(72(64)77-71(63)69)76(60-41-23-8-24-42-60)68-50-47-61(51-66(68)54-29-11-2-12-30-54)73(55-31-13-3-14-32-55)56-33-15-4-16-34-56/h1-52H. The highest BCUT2D eigenvalue weighted by molar-refractivity contribution is 6.14. The summed E-state index contributed by atoms with van der Waals surface area (Å²) in [6, 6.07) is 112. The number of anilines is 12. The number of benzene rings is 12. The molecule has 13 rings (SSSR count). The molecule has 0 atom stereocenters. The topological polar surface area (TPSA) is 26.1 Å². The zero-order chi connectivity index (χ0) is 51.3. The lowest BCUT2D eigenvalue weighted by Crippen LogP contribution is -2.13. The van der Waals surface area contributed by atoms with Crippen molar-refractivity contribution in [1.29, 1.82) is 0 Å². The predicted octanol–water partition coefficient (Wildman–Crippen LogP) is 20.8. The van der Waals surface area contributed by atoms with Gasteiger partial charge in [0.05, 0.1) is 22.7 Å². The number of nitrogens with zero attached hydrogens (tertiary/aromatic N) is 4. The van der Waals surface area contributed by atoms with E-state index in [0.717, 1.165) is 112 Å². The maximum atomic E-state index is 7.48. The van der Waals surface area contributed by atoms with Crippen LogP contribution in [0, 0.1) is 0 Å². The van der Waals surface area contributed by atoms with Crippen molar-refractivity contribution in [3.05, 3.63) is 315 Å². The summed E-state index contributed by atoms with van der Waals surface area (Å²) in [4.78, 5) is 9.36. The quantitative estimate of drug-likeness (QED) is 0.108. The van der Waals surface area contributed by atoms with Crippen LogP contribution in [-0.2, 0) is 0 Å². The number of para-hydroxylation sites is 8. The van der Waals surface area contributed by atoms with Gasteiger partial charge in [0.25, 0.3) is 0 Å². The molecule has 1 heterocycles. The Morgan fingerprint density at radius 3 is 0.857 bits per heavy atom. The van der Waals surface area contributed by atoms with E-state index in [-0.39, 0.29) is 0 Å². The Bertz CT molecular complexity index is 4000. The molecule has 366 valence electrons. The van der Waals surface area contributed by atoms with E-state index in [1.54, 1.807) is 0 Å². The summed E-state index contributed by atoms with van der Waals surface area (Å²) < 4.78 is 7.48. The third kappa shape index (κ3) is 9.02. The fourth-order valence-electron chi connectivity index (χ4n) is 10.7. The van der Waals surface area contributed by atoms with Crippen LogP contribution in [0.1, 0.15) is 0 Å². The molecule has 0 N–H and O–H groups in total. The fraction of sp³-hybridized carbons (Fsp3) is 0. The summed E-state index contributed by atoms with van der Waals surface area (Å²) >= 11 is 0. The first-order chi connectivity index (χ1) is 38.2. The molecule has 0 fully saturated rings. The van der Waals surface area contributed by atoms with Gasteiger partial charge in [0.1, 0.15) is 0 Å². The van der Waals surface area contributed by atoms with E-state index < -0.39 is 0 Å². The first-order valence-electron chi connectivity index (χ1n) is 26.1. The average molecular weight is 989 g/mol. The lowest BCUT2D eigenvalue weighted by atomic mass is 9.99. The van der Waals surface area contributed by atoms with Crippen molar-refractivity contribution in [2.24, 2.45) is 0 Å². The van der Waals surface area contributed by atoms with Crippen molar-refractivity contribution in [3.8, 4) is 22.3 Å². The molecule has 0 aliphatic heterocycles. The number of hydrogen-bond donors (Lipinski definition) is 0. The molecule has 0 radical (unpaired) electrons. The van der Waals surface area contributed by atoms with Gasteiger partial charge in [0.15, 0.2) is 11.2 Å². The minimum atomic E-state index is 0.784. The molecule has 5 heteroatoms. The second-order valence-electron chi connectivity index (χ2n) is 18.9. The van der Waals surface area contributed by atoms with E-state index in [1.165, 1.54) is 0 Å². The first-order valence-corrected chi connectivity index (χ1v) is 26.1. The Kier molecular flexibility index (Phi) is 12.6. The Morgan fingerprint density at radius 1 is 0.195 bits per heavy atom. The highest BCUT2D eigenvalue weighted by Gasteiger charge is 2.27. The van der Waals surface area contributed by atoms with Crippen molar-refractivity contribution in [2.75, 3.05) is 19.6 Å². The lowest BCUT2D eigenvalue weighted by Gasteiger charge is -2.31. The number of hydrogen-bond acceptors (Lipinski definition) is 5. The van der Waals surface area contributed by atoms with Gasteiger partial charge in [-0.2, -0.15) is 0 Å². The van der Waals surface area contributed by atoms with Crippen molar-refractivity contribution in [1.82, 2.24) is 0 Å². The predicted molar refractivity (Wildman–Crippen MR) is 323 cm³/mol. The molecular formula is C72H52N4O. The van der Waals surface area contributed by atoms with Crippen LogP contribution < -0.4 is 19.6 Å². The summed E-state index contributed by atoms with van der Waals surface area (Å²) in [6.45, 7) is 0. The Balaban J connectivity index is 1.01. The zero-order valence-electron chi connectivity index (χ0n) is 42.2. The molecular weight excluding hydrogens is 937 g/mol. The second-order valence-corrected chi connectivity index (χ2v) is 18.9. The highest BCUT2D eigenvalue weighted by Crippen LogP contribution is 2.51. The van der Waals surface area contributed by atoms with E-state index in [2.05, 4.69) is 335 Å². The van der Waals surface area contributed by atoms with Gasteiger partial charge in [-0.05, 0) is 132 Å². The number of fused-ring (bicyclic) bond motifs is 3. The Labute approximate surface area is 449 Å². The van der Waals surface area contributed by atoms with Crippen LogP contribution in [0.5, 0.6) is 0 Å². The first kappa shape index (κ1) is 46.4. The monoisotopic (exact) mass is 988 g/mol. The Morgan fingerprint density at radius 2 is 0.481 bits per heavy atom. The second kappa shape index (κ2) is 20.9. The molecule has 5 nitrogen and oxygen atoms in total. The minimum Gasteiger partial charge on any atom is -0.452 e. The van der Waals surface area contributed by atoms with Crippen molar-refractivity contribution in [2.45, 2.75) is 0 Å². The van der Waals surface area contributed by atoms with Crippen LogP contribution in [-0.4, -0.2) is 0 Å². The van der Waals surface area contributed by atoms with Crippen LogP contribution in [0.4, 0.5) is 68.2 Å². The third-order valence-corrected chi connectivity index (χ3v) is 14.2. The van der Waals surface area contributed by atoms with Crippen molar-refractivity contribution in [3.63, 3.8) is 0 Å². The molecule has 0 aliphatic carbocycles. The van der Waals surface area contributed by atoms with Crippen LogP contribution in [0.2, 0.25) is 0 Å². The minimum absolute atomic E-state index is 0.784. The maximum absolute atomic E-state index is 7.48. The molecule has 0 saturated heterocycles. The van der Waals surface area contributed by atoms with Gasteiger partial charge in [0.2, 0.25) is 0 Å². The summed E-state index contributed by atoms with van der Waals surface area (Å²) in [6.07, 6.45) is 0. The molecule has 0 bridgehead atoms. The molecule has 13 aromatic rings. The van der Waals surface area contributed by atoms with Gasteiger partial charge in [-0.25, -0.2) is 0 Å². The molecule has 1 aromatic heterocycles.